The molecule has 2 aromatic carbocycles. The molecular weight excluding hydrogens is 401 g/mol. The maximum Gasteiger partial charge on any atom is 0.257 e. The second-order valence-corrected chi connectivity index (χ2v) is 6.55. The Morgan fingerprint density at radius 3 is 2.33 bits per heavy atom. The highest BCUT2D eigenvalue weighted by molar-refractivity contribution is 7.08. The first-order chi connectivity index (χ1) is 12.8. The van der Waals surface area contributed by atoms with Gasteiger partial charge >= 0.3 is 0 Å². The number of hydrogen-bond acceptors (Lipinski definition) is 3. The van der Waals surface area contributed by atoms with Crippen molar-refractivity contribution in [2.45, 2.75) is 0 Å². The number of benzene rings is 2. The first kappa shape index (κ1) is 18.9. The van der Waals surface area contributed by atoms with Crippen LogP contribution < -0.4 is 10.6 Å². The van der Waals surface area contributed by atoms with Crippen molar-refractivity contribution >= 4 is 46.1 Å². The summed E-state index contributed by atoms with van der Waals surface area (Å²) >= 11 is 7.08. The SMILES string of the molecule is O=C(Nc1cc(NC(=O)c2cc(F)c(F)cc2Cl)ccc1F)c1ccsc1. The van der Waals surface area contributed by atoms with E-state index in [0.717, 1.165) is 6.07 Å². The van der Waals surface area contributed by atoms with Crippen LogP contribution in [0, 0.1) is 17.5 Å². The summed E-state index contributed by atoms with van der Waals surface area (Å²) in [4.78, 5) is 24.3. The largest absolute Gasteiger partial charge is 0.322 e. The van der Waals surface area contributed by atoms with E-state index < -0.39 is 29.3 Å². The number of hydrogen-bond donors (Lipinski definition) is 2. The molecule has 4 nitrogen and oxygen atoms in total. The van der Waals surface area contributed by atoms with Gasteiger partial charge < -0.3 is 10.6 Å². The molecule has 3 aromatic rings. The molecule has 0 fully saturated rings. The van der Waals surface area contributed by atoms with E-state index in [1.54, 1.807) is 16.8 Å². The lowest BCUT2D eigenvalue weighted by Gasteiger charge is -2.10. The maximum absolute atomic E-state index is 14.0. The average molecular weight is 411 g/mol. The third-order valence-electron chi connectivity index (χ3n) is 3.51. The van der Waals surface area contributed by atoms with Crippen LogP contribution in [0.4, 0.5) is 24.5 Å². The van der Waals surface area contributed by atoms with Gasteiger partial charge in [0.15, 0.2) is 11.6 Å². The fourth-order valence-electron chi connectivity index (χ4n) is 2.18. The summed E-state index contributed by atoms with van der Waals surface area (Å²) in [6.45, 7) is 0. The minimum atomic E-state index is -1.23. The van der Waals surface area contributed by atoms with E-state index in [1.165, 1.54) is 23.5 Å². The zero-order chi connectivity index (χ0) is 19.6. The van der Waals surface area contributed by atoms with Gasteiger partial charge in [-0.15, -0.1) is 0 Å². The van der Waals surface area contributed by atoms with Crippen molar-refractivity contribution in [3.8, 4) is 0 Å². The molecule has 0 unspecified atom stereocenters. The maximum atomic E-state index is 14.0. The van der Waals surface area contributed by atoms with Crippen LogP contribution in [0.3, 0.4) is 0 Å². The molecule has 0 aliphatic rings. The van der Waals surface area contributed by atoms with Crippen LogP contribution in [0.1, 0.15) is 20.7 Å². The Labute approximate surface area is 160 Å². The summed E-state index contributed by atoms with van der Waals surface area (Å²) in [5.41, 5.74) is 0.0503. The fraction of sp³-hybridized carbons (Fsp3) is 0. The van der Waals surface area contributed by atoms with Gasteiger partial charge in [0.05, 0.1) is 21.8 Å². The van der Waals surface area contributed by atoms with Crippen molar-refractivity contribution in [1.82, 2.24) is 0 Å². The lowest BCUT2D eigenvalue weighted by atomic mass is 10.2. The van der Waals surface area contributed by atoms with Crippen molar-refractivity contribution in [1.29, 1.82) is 0 Å². The van der Waals surface area contributed by atoms with E-state index in [-0.39, 0.29) is 22.0 Å². The summed E-state index contributed by atoms with van der Waals surface area (Å²) in [6, 6.07) is 6.42. The normalized spacial score (nSPS) is 10.5. The minimum absolute atomic E-state index is 0.128. The van der Waals surface area contributed by atoms with E-state index in [9.17, 15) is 22.8 Å². The van der Waals surface area contributed by atoms with Crippen LogP contribution in [0.2, 0.25) is 5.02 Å². The molecule has 138 valence electrons. The third-order valence-corrected chi connectivity index (χ3v) is 4.51. The number of thiophene rings is 1. The molecule has 2 N–H and O–H groups in total. The highest BCUT2D eigenvalue weighted by Gasteiger charge is 2.16. The number of amides is 2. The molecule has 0 aliphatic carbocycles. The molecule has 0 bridgehead atoms. The molecule has 1 heterocycles. The van der Waals surface area contributed by atoms with Crippen LogP contribution in [0.5, 0.6) is 0 Å². The van der Waals surface area contributed by atoms with Crippen molar-refractivity contribution in [3.05, 3.63) is 80.8 Å². The molecule has 0 saturated carbocycles. The van der Waals surface area contributed by atoms with Crippen molar-refractivity contribution in [2.75, 3.05) is 10.6 Å². The lowest BCUT2D eigenvalue weighted by molar-refractivity contribution is 0.101. The highest BCUT2D eigenvalue weighted by Crippen LogP contribution is 2.24. The molecule has 2 amide bonds. The van der Waals surface area contributed by atoms with Crippen molar-refractivity contribution < 1.29 is 22.8 Å². The smallest absolute Gasteiger partial charge is 0.257 e. The third kappa shape index (κ3) is 4.29. The van der Waals surface area contributed by atoms with Gasteiger partial charge in [0, 0.05) is 11.1 Å². The molecular formula is C18H10ClF3N2O2S. The standard InChI is InChI=1S/C18H10ClF3N2O2S/c19-12-7-15(22)14(21)6-11(12)18(26)23-10-1-2-13(20)16(5-10)24-17(25)9-3-4-27-8-9/h1-8H,(H,23,26)(H,24,25). The van der Waals surface area contributed by atoms with Crippen LogP contribution in [0.15, 0.2) is 47.2 Å². The van der Waals surface area contributed by atoms with Crippen LogP contribution >= 0.6 is 22.9 Å². The number of carbonyl (C=O) groups excluding carboxylic acids is 2. The molecule has 0 radical (unpaired) electrons. The van der Waals surface area contributed by atoms with Gasteiger partial charge in [-0.05, 0) is 41.8 Å². The first-order valence-corrected chi connectivity index (χ1v) is 8.76. The Balaban J connectivity index is 1.81. The lowest BCUT2D eigenvalue weighted by Crippen LogP contribution is -2.15. The zero-order valence-electron chi connectivity index (χ0n) is 13.4. The summed E-state index contributed by atoms with van der Waals surface area (Å²) in [6.07, 6.45) is 0. The van der Waals surface area contributed by atoms with Gasteiger partial charge in [0.1, 0.15) is 5.82 Å². The molecule has 27 heavy (non-hydrogen) atoms. The molecule has 0 spiro atoms. The predicted octanol–water partition coefficient (Wildman–Crippen LogP) is 5.32. The Morgan fingerprint density at radius 1 is 0.889 bits per heavy atom. The monoisotopic (exact) mass is 410 g/mol. The Hall–Kier alpha value is -2.84. The van der Waals surface area contributed by atoms with Crippen LogP contribution in [-0.2, 0) is 0 Å². The second kappa shape index (κ2) is 7.81. The zero-order valence-corrected chi connectivity index (χ0v) is 14.9. The van der Waals surface area contributed by atoms with Gasteiger partial charge in [-0.2, -0.15) is 11.3 Å². The number of nitrogens with one attached hydrogen (secondary N) is 2. The molecule has 0 aliphatic heterocycles. The van der Waals surface area contributed by atoms with E-state index in [4.69, 9.17) is 11.6 Å². The number of halogens is 4. The summed E-state index contributed by atoms with van der Waals surface area (Å²) in [5.74, 6) is -4.45. The van der Waals surface area contributed by atoms with E-state index in [2.05, 4.69) is 10.6 Å². The van der Waals surface area contributed by atoms with Crippen molar-refractivity contribution in [2.24, 2.45) is 0 Å². The van der Waals surface area contributed by atoms with Crippen LogP contribution in [0.25, 0.3) is 0 Å². The second-order valence-electron chi connectivity index (χ2n) is 5.36. The topological polar surface area (TPSA) is 58.2 Å². The number of rotatable bonds is 4. The summed E-state index contributed by atoms with van der Waals surface area (Å²) in [5, 5.41) is 7.82. The van der Waals surface area contributed by atoms with E-state index >= 15 is 0 Å². The fourth-order valence-corrected chi connectivity index (χ4v) is 3.05. The Kier molecular flexibility index (Phi) is 5.48. The summed E-state index contributed by atoms with van der Waals surface area (Å²) in [7, 11) is 0. The van der Waals surface area contributed by atoms with Gasteiger partial charge in [-0.25, -0.2) is 13.2 Å². The summed E-state index contributed by atoms with van der Waals surface area (Å²) < 4.78 is 40.4. The van der Waals surface area contributed by atoms with Crippen molar-refractivity contribution in [3.63, 3.8) is 0 Å². The minimum Gasteiger partial charge on any atom is -0.322 e. The van der Waals surface area contributed by atoms with E-state index in [1.807, 2.05) is 0 Å². The van der Waals surface area contributed by atoms with Gasteiger partial charge in [0.2, 0.25) is 0 Å². The molecule has 0 atom stereocenters. The number of carbonyl (C=O) groups is 2. The molecule has 0 saturated heterocycles. The van der Waals surface area contributed by atoms with E-state index in [0.29, 0.717) is 17.7 Å². The Bertz CT molecular complexity index is 1030. The van der Waals surface area contributed by atoms with Gasteiger partial charge in [-0.3, -0.25) is 9.59 Å². The first-order valence-electron chi connectivity index (χ1n) is 7.44. The highest BCUT2D eigenvalue weighted by atomic mass is 35.5. The van der Waals surface area contributed by atoms with Gasteiger partial charge in [0.25, 0.3) is 11.8 Å². The molecule has 3 rings (SSSR count). The quantitative estimate of drug-likeness (QED) is 0.572. The van der Waals surface area contributed by atoms with Gasteiger partial charge in [-0.1, -0.05) is 11.6 Å². The van der Waals surface area contributed by atoms with Crippen LogP contribution in [-0.4, -0.2) is 11.8 Å². The molecule has 9 heteroatoms. The average Bonchev–Trinajstić information content (AvgIpc) is 3.15. The Morgan fingerprint density at radius 2 is 1.63 bits per heavy atom. The number of anilines is 2. The predicted molar refractivity (Wildman–Crippen MR) is 98.0 cm³/mol. The molecule has 1 aromatic heterocycles.